The summed E-state index contributed by atoms with van der Waals surface area (Å²) in [7, 11) is 0. The minimum Gasteiger partial charge on any atom is -0.288 e. The molecule has 0 heterocycles. The molecule has 0 rings (SSSR count). The third-order valence-electron chi connectivity index (χ3n) is 0.838. The summed E-state index contributed by atoms with van der Waals surface area (Å²) in [5.74, 6) is 0. The van der Waals surface area contributed by atoms with Crippen LogP contribution in [0.2, 0.25) is 0 Å². The van der Waals surface area contributed by atoms with E-state index in [2.05, 4.69) is 39.2 Å². The average molecular weight is 264 g/mol. The van der Waals surface area contributed by atoms with Crippen LogP contribution < -0.4 is 0 Å². The van der Waals surface area contributed by atoms with Gasteiger partial charge in [-0.15, -0.1) is 0 Å². The first-order valence-electron chi connectivity index (χ1n) is 3.38. The zero-order chi connectivity index (χ0) is 8.85. The number of halogens is 1. The molecular weight excluding hydrogens is 251 g/mol. The summed E-state index contributed by atoms with van der Waals surface area (Å²) in [6.07, 6.45) is 0. The summed E-state index contributed by atoms with van der Waals surface area (Å²) in [6, 6.07) is 0. The van der Waals surface area contributed by atoms with Crippen LogP contribution in [-0.4, -0.2) is 16.0 Å². The van der Waals surface area contributed by atoms with Gasteiger partial charge >= 0.3 is 0 Å². The van der Waals surface area contributed by atoms with Crippen molar-refractivity contribution in [3.63, 3.8) is 0 Å². The van der Waals surface area contributed by atoms with Gasteiger partial charge in [-0.25, -0.2) is 0 Å². The summed E-state index contributed by atoms with van der Waals surface area (Å²) in [6.45, 7) is 10.2. The lowest BCUT2D eigenvalue weighted by Gasteiger charge is -1.93. The van der Waals surface area contributed by atoms with Crippen LogP contribution in [0.3, 0.4) is 0 Å². The standard InChI is InChI=1S/C8H13IN2/c1-6(2)10-5-8(9)11-7(3)4/h3,5H2,1-2,4H3/b11-8+. The van der Waals surface area contributed by atoms with Crippen LogP contribution in [0, 0.1) is 0 Å². The smallest absolute Gasteiger partial charge is 0.1000 e. The van der Waals surface area contributed by atoms with Crippen LogP contribution in [0.5, 0.6) is 0 Å². The Morgan fingerprint density at radius 1 is 1.36 bits per heavy atom. The molecule has 0 atom stereocenters. The monoisotopic (exact) mass is 264 g/mol. The summed E-state index contributed by atoms with van der Waals surface area (Å²) in [4.78, 5) is 8.37. The van der Waals surface area contributed by atoms with Crippen molar-refractivity contribution in [2.45, 2.75) is 20.8 Å². The lowest BCUT2D eigenvalue weighted by Crippen LogP contribution is -1.95. The Hall–Kier alpha value is -0.190. The van der Waals surface area contributed by atoms with Crippen LogP contribution >= 0.6 is 22.6 Å². The Morgan fingerprint density at radius 2 is 1.91 bits per heavy atom. The number of aliphatic imine (C=N–C) groups is 2. The normalized spacial score (nSPS) is 11.1. The number of nitrogens with zero attached hydrogens (tertiary/aromatic N) is 2. The van der Waals surface area contributed by atoms with E-state index in [-0.39, 0.29) is 0 Å². The van der Waals surface area contributed by atoms with E-state index < -0.39 is 0 Å². The maximum atomic E-state index is 4.21. The summed E-state index contributed by atoms with van der Waals surface area (Å²) in [5, 5.41) is 0. The van der Waals surface area contributed by atoms with Gasteiger partial charge in [-0.2, -0.15) is 0 Å². The van der Waals surface area contributed by atoms with Crippen molar-refractivity contribution in [2.75, 3.05) is 6.54 Å². The van der Waals surface area contributed by atoms with Crippen LogP contribution in [0.4, 0.5) is 0 Å². The van der Waals surface area contributed by atoms with Crippen molar-refractivity contribution in [3.05, 3.63) is 12.3 Å². The predicted molar refractivity (Wildman–Crippen MR) is 59.9 cm³/mol. The summed E-state index contributed by atoms with van der Waals surface area (Å²) in [5.41, 5.74) is 1.91. The molecule has 0 aromatic heterocycles. The lowest BCUT2D eigenvalue weighted by molar-refractivity contribution is 1.26. The summed E-state index contributed by atoms with van der Waals surface area (Å²) < 4.78 is 0.983. The molecular formula is C8H13IN2. The van der Waals surface area contributed by atoms with Gasteiger partial charge in [-0.1, -0.05) is 6.58 Å². The van der Waals surface area contributed by atoms with Gasteiger partial charge < -0.3 is 0 Å². The van der Waals surface area contributed by atoms with Crippen LogP contribution in [0.1, 0.15) is 20.8 Å². The molecule has 0 saturated heterocycles. The molecule has 2 nitrogen and oxygen atoms in total. The van der Waals surface area contributed by atoms with Crippen LogP contribution in [-0.2, 0) is 0 Å². The number of rotatable bonds is 3. The third-order valence-corrected chi connectivity index (χ3v) is 1.42. The Labute approximate surface area is 81.7 Å². The van der Waals surface area contributed by atoms with E-state index in [9.17, 15) is 0 Å². The van der Waals surface area contributed by atoms with Crippen LogP contribution in [0.15, 0.2) is 22.3 Å². The maximum Gasteiger partial charge on any atom is 0.1000 e. The van der Waals surface area contributed by atoms with Gasteiger partial charge in [0.1, 0.15) is 0 Å². The first kappa shape index (κ1) is 10.8. The van der Waals surface area contributed by atoms with E-state index in [1.807, 2.05) is 20.8 Å². The van der Waals surface area contributed by atoms with E-state index in [1.165, 1.54) is 0 Å². The van der Waals surface area contributed by atoms with Gasteiger partial charge in [0.05, 0.1) is 10.3 Å². The Bertz CT molecular complexity index is 200. The summed E-state index contributed by atoms with van der Waals surface area (Å²) >= 11 is 2.17. The lowest BCUT2D eigenvalue weighted by atomic mass is 10.5. The van der Waals surface area contributed by atoms with Crippen molar-refractivity contribution >= 4 is 32.0 Å². The molecule has 0 radical (unpaired) electrons. The minimum atomic E-state index is 0.676. The van der Waals surface area contributed by atoms with Gasteiger partial charge in [-0.05, 0) is 43.4 Å². The number of hydrogen-bond donors (Lipinski definition) is 0. The maximum absolute atomic E-state index is 4.21. The number of hydrogen-bond acceptors (Lipinski definition) is 2. The topological polar surface area (TPSA) is 24.7 Å². The van der Waals surface area contributed by atoms with E-state index in [0.29, 0.717) is 6.54 Å². The zero-order valence-corrected chi connectivity index (χ0v) is 9.34. The molecule has 0 aliphatic rings. The zero-order valence-electron chi connectivity index (χ0n) is 7.19. The molecule has 0 N–H and O–H groups in total. The second-order valence-corrected chi connectivity index (χ2v) is 3.73. The Morgan fingerprint density at radius 3 is 2.27 bits per heavy atom. The fraction of sp³-hybridized carbons (Fsp3) is 0.500. The average Bonchev–Trinajstić information content (AvgIpc) is 1.82. The predicted octanol–water partition coefficient (Wildman–Crippen LogP) is 2.83. The molecule has 0 aromatic rings. The first-order chi connectivity index (χ1) is 5.02. The third kappa shape index (κ3) is 7.71. The quantitative estimate of drug-likeness (QED) is 0.553. The molecule has 0 fully saturated rings. The molecule has 62 valence electrons. The SMILES string of the molecule is C=C(C)/N=C(/I)CN=C(C)C. The highest BCUT2D eigenvalue weighted by molar-refractivity contribution is 14.1. The molecule has 3 heteroatoms. The number of allylic oxidation sites excluding steroid dienone is 1. The second kappa shape index (κ2) is 5.46. The molecule has 0 bridgehead atoms. The van der Waals surface area contributed by atoms with Crippen molar-refractivity contribution in [3.8, 4) is 0 Å². The minimum absolute atomic E-state index is 0.676. The fourth-order valence-electron chi connectivity index (χ4n) is 0.466. The Balaban J connectivity index is 3.97. The molecule has 0 aliphatic carbocycles. The van der Waals surface area contributed by atoms with E-state index in [1.54, 1.807) is 0 Å². The molecule has 11 heavy (non-hydrogen) atoms. The van der Waals surface area contributed by atoms with Gasteiger partial charge in [-0.3, -0.25) is 9.98 Å². The molecule has 0 saturated carbocycles. The van der Waals surface area contributed by atoms with E-state index in [4.69, 9.17) is 0 Å². The van der Waals surface area contributed by atoms with Gasteiger partial charge in [0.2, 0.25) is 0 Å². The first-order valence-corrected chi connectivity index (χ1v) is 4.46. The van der Waals surface area contributed by atoms with E-state index >= 15 is 0 Å². The molecule has 0 amide bonds. The highest BCUT2D eigenvalue weighted by Gasteiger charge is 1.89. The van der Waals surface area contributed by atoms with Gasteiger partial charge in [0.25, 0.3) is 0 Å². The van der Waals surface area contributed by atoms with Crippen molar-refractivity contribution in [1.82, 2.24) is 0 Å². The second-order valence-electron chi connectivity index (χ2n) is 2.49. The van der Waals surface area contributed by atoms with Crippen molar-refractivity contribution in [1.29, 1.82) is 0 Å². The van der Waals surface area contributed by atoms with E-state index in [0.717, 1.165) is 15.1 Å². The molecule has 0 aliphatic heterocycles. The van der Waals surface area contributed by atoms with Crippen molar-refractivity contribution < 1.29 is 0 Å². The van der Waals surface area contributed by atoms with Gasteiger partial charge in [0.15, 0.2) is 0 Å². The molecule has 0 spiro atoms. The highest BCUT2D eigenvalue weighted by Crippen LogP contribution is 1.98. The molecule has 0 unspecified atom stereocenters. The fourth-order valence-corrected chi connectivity index (χ4v) is 1.05. The van der Waals surface area contributed by atoms with Crippen molar-refractivity contribution in [2.24, 2.45) is 9.98 Å². The van der Waals surface area contributed by atoms with Gasteiger partial charge in [0, 0.05) is 11.4 Å². The largest absolute Gasteiger partial charge is 0.288 e. The molecule has 0 aromatic carbocycles. The highest BCUT2D eigenvalue weighted by atomic mass is 127. The Kier molecular flexibility index (Phi) is 5.36. The van der Waals surface area contributed by atoms with Crippen LogP contribution in [0.25, 0.3) is 0 Å².